The summed E-state index contributed by atoms with van der Waals surface area (Å²) < 4.78 is 16.2. The van der Waals surface area contributed by atoms with Crippen LogP contribution in [0.15, 0.2) is 23.0 Å². The number of alkyl carbamates (subject to hydrolysis) is 1. The highest BCUT2D eigenvalue weighted by molar-refractivity contribution is 5.82. The first-order chi connectivity index (χ1) is 15.1. The van der Waals surface area contributed by atoms with Gasteiger partial charge in [-0.1, -0.05) is 13.8 Å². The van der Waals surface area contributed by atoms with Gasteiger partial charge in [-0.3, -0.25) is 9.59 Å². The number of benzene rings is 1. The van der Waals surface area contributed by atoms with Crippen LogP contribution in [0.1, 0.15) is 45.1 Å². The molecule has 0 bridgehead atoms. The minimum absolute atomic E-state index is 0.107. The number of aromatic nitrogens is 1. The molecule has 2 atom stereocenters. The average molecular weight is 447 g/mol. The van der Waals surface area contributed by atoms with Crippen LogP contribution in [0.5, 0.6) is 11.6 Å². The summed E-state index contributed by atoms with van der Waals surface area (Å²) in [6, 6.07) is 5.20. The van der Waals surface area contributed by atoms with E-state index in [1.165, 1.54) is 6.07 Å². The molecule has 1 aliphatic rings. The Hall–Kier alpha value is -3.23. The van der Waals surface area contributed by atoms with Crippen LogP contribution < -0.4 is 20.2 Å². The van der Waals surface area contributed by atoms with Crippen molar-refractivity contribution in [2.45, 2.75) is 39.5 Å². The summed E-state index contributed by atoms with van der Waals surface area (Å²) >= 11 is 0. The first kappa shape index (κ1) is 23.4. The summed E-state index contributed by atoms with van der Waals surface area (Å²) in [6.07, 6.45) is 1.02. The molecule has 3 N–H and O–H groups in total. The number of carbonyl (C=O) groups is 2. The number of ether oxygens (including phenoxy) is 3. The molecule has 1 heterocycles. The van der Waals surface area contributed by atoms with Crippen LogP contribution >= 0.6 is 0 Å². The van der Waals surface area contributed by atoms with Crippen molar-refractivity contribution in [3.05, 3.63) is 34.0 Å². The van der Waals surface area contributed by atoms with E-state index in [2.05, 4.69) is 10.3 Å². The van der Waals surface area contributed by atoms with Gasteiger partial charge in [0.2, 0.25) is 0 Å². The molecule has 1 aliphatic carbocycles. The minimum atomic E-state index is -1.13. The van der Waals surface area contributed by atoms with E-state index in [0.29, 0.717) is 29.3 Å². The summed E-state index contributed by atoms with van der Waals surface area (Å²) in [6.45, 7) is 6.03. The molecule has 0 aliphatic heterocycles. The van der Waals surface area contributed by atoms with Gasteiger partial charge in [-0.25, -0.2) is 4.79 Å². The monoisotopic (exact) mass is 446 g/mol. The third-order valence-electron chi connectivity index (χ3n) is 5.57. The highest BCUT2D eigenvalue weighted by atomic mass is 16.5. The molecule has 1 aromatic heterocycles. The fraction of sp³-hybridized carbons (Fsp3) is 0.522. The number of aliphatic carboxylic acids is 1. The van der Waals surface area contributed by atoms with E-state index in [1.807, 2.05) is 32.9 Å². The molecule has 2 unspecified atom stereocenters. The number of hydrogen-bond acceptors (Lipinski definition) is 6. The van der Waals surface area contributed by atoms with Crippen LogP contribution in [0, 0.1) is 11.3 Å². The first-order valence-corrected chi connectivity index (χ1v) is 10.6. The minimum Gasteiger partial charge on any atom is -0.496 e. The highest BCUT2D eigenvalue weighted by Gasteiger charge is 2.43. The number of aromatic amines is 1. The molecule has 1 saturated carbocycles. The molecule has 1 amide bonds. The maximum absolute atomic E-state index is 12.6. The zero-order valence-corrected chi connectivity index (χ0v) is 18.8. The third-order valence-corrected chi connectivity index (χ3v) is 5.57. The number of carboxylic acid groups (broad SMARTS) is 1. The third kappa shape index (κ3) is 5.72. The molecule has 32 heavy (non-hydrogen) atoms. The zero-order chi connectivity index (χ0) is 23.5. The van der Waals surface area contributed by atoms with Gasteiger partial charge in [0.25, 0.3) is 0 Å². The number of amides is 1. The molecular weight excluding hydrogens is 416 g/mol. The molecule has 1 fully saturated rings. The van der Waals surface area contributed by atoms with Crippen LogP contribution in [0.3, 0.4) is 0 Å². The quantitative estimate of drug-likeness (QED) is 0.511. The molecule has 9 nitrogen and oxygen atoms in total. The normalized spacial score (nSPS) is 17.6. The molecule has 0 saturated heterocycles. The number of hydrogen-bond donors (Lipinski definition) is 3. The Balaban J connectivity index is 1.69. The van der Waals surface area contributed by atoms with E-state index >= 15 is 0 Å². The van der Waals surface area contributed by atoms with Gasteiger partial charge in [0, 0.05) is 17.5 Å². The molecule has 3 rings (SSSR count). The lowest BCUT2D eigenvalue weighted by molar-refractivity contribution is -0.135. The fourth-order valence-corrected chi connectivity index (χ4v) is 4.05. The van der Waals surface area contributed by atoms with Crippen molar-refractivity contribution in [1.29, 1.82) is 0 Å². The fourth-order valence-electron chi connectivity index (χ4n) is 4.05. The summed E-state index contributed by atoms with van der Waals surface area (Å²) in [5, 5.41) is 11.4. The lowest BCUT2D eigenvalue weighted by Crippen LogP contribution is -2.32. The maximum atomic E-state index is 12.6. The number of rotatable bonds is 10. The van der Waals surface area contributed by atoms with E-state index in [1.54, 1.807) is 7.11 Å². The van der Waals surface area contributed by atoms with Crippen molar-refractivity contribution in [1.82, 2.24) is 10.3 Å². The predicted octanol–water partition coefficient (Wildman–Crippen LogP) is 3.27. The molecule has 174 valence electrons. The second-order valence-electron chi connectivity index (χ2n) is 8.86. The van der Waals surface area contributed by atoms with E-state index in [0.717, 1.165) is 24.2 Å². The van der Waals surface area contributed by atoms with Crippen molar-refractivity contribution >= 4 is 23.0 Å². The van der Waals surface area contributed by atoms with Gasteiger partial charge >= 0.3 is 12.1 Å². The van der Waals surface area contributed by atoms with Crippen molar-refractivity contribution in [3.8, 4) is 11.6 Å². The smallest absolute Gasteiger partial charge is 0.407 e. The lowest BCUT2D eigenvalue weighted by Gasteiger charge is -2.24. The van der Waals surface area contributed by atoms with Crippen molar-refractivity contribution in [3.63, 3.8) is 0 Å². The number of carboxylic acids is 1. The van der Waals surface area contributed by atoms with Crippen molar-refractivity contribution < 1.29 is 28.9 Å². The van der Waals surface area contributed by atoms with Gasteiger partial charge in [0.1, 0.15) is 12.3 Å². The maximum Gasteiger partial charge on any atom is 0.407 e. The second kappa shape index (κ2) is 9.50. The predicted molar refractivity (Wildman–Crippen MR) is 119 cm³/mol. The summed E-state index contributed by atoms with van der Waals surface area (Å²) in [7, 11) is 1.61. The number of pyridine rings is 1. The Bertz CT molecular complexity index is 1060. The van der Waals surface area contributed by atoms with Crippen LogP contribution in [0.2, 0.25) is 0 Å². The number of methoxy groups -OCH3 is 1. The second-order valence-corrected chi connectivity index (χ2v) is 8.86. The summed E-state index contributed by atoms with van der Waals surface area (Å²) in [5.41, 5.74) is 1.27. The van der Waals surface area contributed by atoms with E-state index in [4.69, 9.17) is 19.3 Å². The Morgan fingerprint density at radius 2 is 2.03 bits per heavy atom. The molecule has 2 aromatic rings. The standard InChI is InChI=1S/C23H30N2O7/c1-5-31-20-9-18(26)16-7-15(19(30-4)8-17(16)25-20)14-6-13(14)10-23(2,3)12-32-22(29)24-11-21(27)28/h7-9,13-14H,5-6,10-12H2,1-4H3,(H,24,29)(H,25,26)(H,27,28). The van der Waals surface area contributed by atoms with Gasteiger partial charge in [-0.15, -0.1) is 0 Å². The SMILES string of the molecule is CCOc1cc(=O)c2cc(C3CC3CC(C)(C)COC(=O)NCC(=O)O)c(OC)cc2[nH]1. The van der Waals surface area contributed by atoms with E-state index < -0.39 is 18.6 Å². The number of nitrogens with one attached hydrogen (secondary N) is 2. The summed E-state index contributed by atoms with van der Waals surface area (Å²) in [4.78, 5) is 37.9. The Labute approximate surface area is 186 Å². The van der Waals surface area contributed by atoms with E-state index in [9.17, 15) is 14.4 Å². The van der Waals surface area contributed by atoms with Crippen molar-refractivity contribution in [2.75, 3.05) is 26.9 Å². The lowest BCUT2D eigenvalue weighted by atomic mass is 9.87. The van der Waals surface area contributed by atoms with Gasteiger partial charge in [-0.2, -0.15) is 0 Å². The number of carbonyl (C=O) groups excluding carboxylic acids is 1. The summed E-state index contributed by atoms with van der Waals surface area (Å²) in [5.74, 6) is 0.637. The topological polar surface area (TPSA) is 127 Å². The van der Waals surface area contributed by atoms with Crippen LogP contribution in [-0.4, -0.2) is 49.0 Å². The van der Waals surface area contributed by atoms with Crippen LogP contribution in [0.25, 0.3) is 10.9 Å². The van der Waals surface area contributed by atoms with E-state index in [-0.39, 0.29) is 23.4 Å². The largest absolute Gasteiger partial charge is 0.496 e. The van der Waals surface area contributed by atoms with Crippen molar-refractivity contribution in [2.24, 2.45) is 11.3 Å². The molecule has 1 aromatic carbocycles. The number of H-pyrrole nitrogens is 1. The van der Waals surface area contributed by atoms with Gasteiger partial charge in [0.15, 0.2) is 11.3 Å². The number of fused-ring (bicyclic) bond motifs is 1. The van der Waals surface area contributed by atoms with Gasteiger partial charge in [0.05, 0.1) is 25.8 Å². The van der Waals surface area contributed by atoms with Crippen LogP contribution in [0.4, 0.5) is 4.79 Å². The Kier molecular flexibility index (Phi) is 6.96. The van der Waals surface area contributed by atoms with Gasteiger partial charge in [-0.05, 0) is 48.6 Å². The highest BCUT2D eigenvalue weighted by Crippen LogP contribution is 2.55. The molecule has 0 radical (unpaired) electrons. The average Bonchev–Trinajstić information content (AvgIpc) is 3.48. The Morgan fingerprint density at radius 3 is 2.69 bits per heavy atom. The molecule has 9 heteroatoms. The Morgan fingerprint density at radius 1 is 1.28 bits per heavy atom. The van der Waals surface area contributed by atoms with Gasteiger partial charge < -0.3 is 29.6 Å². The molecular formula is C23H30N2O7. The van der Waals surface area contributed by atoms with Crippen LogP contribution in [-0.2, 0) is 9.53 Å². The molecule has 0 spiro atoms. The first-order valence-electron chi connectivity index (χ1n) is 10.6. The zero-order valence-electron chi connectivity index (χ0n) is 18.8.